The summed E-state index contributed by atoms with van der Waals surface area (Å²) in [4.78, 5) is 8.73. The molecule has 2 N–H and O–H groups in total. The molecule has 0 unspecified atom stereocenters. The minimum absolute atomic E-state index is 0.578. The highest BCUT2D eigenvalue weighted by atomic mass is 79.9. The number of nitrogen functional groups attached to an aromatic ring is 1. The number of imidazole rings is 1. The number of benzene rings is 1. The van der Waals surface area contributed by atoms with Crippen LogP contribution in [-0.4, -0.2) is 14.5 Å². The monoisotopic (exact) mass is 348 g/mol. The normalized spacial score (nSPS) is 10.7. The highest BCUT2D eigenvalue weighted by Crippen LogP contribution is 2.27. The third-order valence-electron chi connectivity index (χ3n) is 2.83. The lowest BCUT2D eigenvalue weighted by atomic mass is 10.2. The first kappa shape index (κ1) is 13.1. The van der Waals surface area contributed by atoms with Crippen molar-refractivity contribution in [3.8, 4) is 17.2 Å². The molecular formula is C14H10BrClN4. The molecule has 0 atom stereocenters. The molecule has 3 rings (SSSR count). The second-order valence-electron chi connectivity index (χ2n) is 4.20. The molecule has 0 saturated carbocycles. The number of anilines is 1. The summed E-state index contributed by atoms with van der Waals surface area (Å²) in [5.41, 5.74) is 7.39. The minimum Gasteiger partial charge on any atom is -0.399 e. The van der Waals surface area contributed by atoms with Crippen LogP contribution in [0, 0.1) is 0 Å². The largest absolute Gasteiger partial charge is 0.399 e. The SMILES string of the molecule is Nc1ccc(-c2nccn2-c2ncc(Cl)cc2Br)cc1. The second kappa shape index (κ2) is 5.26. The fraction of sp³-hybridized carbons (Fsp3) is 0. The Morgan fingerprint density at radius 2 is 1.90 bits per heavy atom. The first-order chi connectivity index (χ1) is 9.65. The lowest BCUT2D eigenvalue weighted by Gasteiger charge is -2.09. The van der Waals surface area contributed by atoms with Gasteiger partial charge in [-0.1, -0.05) is 11.6 Å². The number of nitrogens with two attached hydrogens (primary N) is 1. The van der Waals surface area contributed by atoms with Crippen molar-refractivity contribution in [2.45, 2.75) is 0 Å². The van der Waals surface area contributed by atoms with Crippen LogP contribution in [-0.2, 0) is 0 Å². The maximum absolute atomic E-state index is 5.92. The average Bonchev–Trinajstić information content (AvgIpc) is 2.88. The summed E-state index contributed by atoms with van der Waals surface area (Å²) in [6.45, 7) is 0. The lowest BCUT2D eigenvalue weighted by Crippen LogP contribution is -2.00. The Hall–Kier alpha value is -1.85. The average molecular weight is 350 g/mol. The molecule has 0 aliphatic heterocycles. The molecule has 20 heavy (non-hydrogen) atoms. The van der Waals surface area contributed by atoms with E-state index in [1.165, 1.54) is 0 Å². The van der Waals surface area contributed by atoms with Crippen molar-refractivity contribution in [2.24, 2.45) is 0 Å². The Balaban J connectivity index is 2.12. The Labute approximate surface area is 129 Å². The van der Waals surface area contributed by atoms with Crippen molar-refractivity contribution in [3.05, 3.63) is 58.4 Å². The Morgan fingerprint density at radius 3 is 2.60 bits per heavy atom. The number of hydrogen-bond acceptors (Lipinski definition) is 3. The molecule has 2 heterocycles. The zero-order chi connectivity index (χ0) is 14.1. The van der Waals surface area contributed by atoms with E-state index < -0.39 is 0 Å². The Morgan fingerprint density at radius 1 is 1.15 bits per heavy atom. The van der Waals surface area contributed by atoms with Crippen molar-refractivity contribution in [2.75, 3.05) is 5.73 Å². The van der Waals surface area contributed by atoms with Gasteiger partial charge in [-0.15, -0.1) is 0 Å². The van der Waals surface area contributed by atoms with Crippen LogP contribution in [0.15, 0.2) is 53.4 Å². The predicted octanol–water partition coefficient (Wildman–Crippen LogP) is 3.93. The van der Waals surface area contributed by atoms with Crippen LogP contribution in [0.25, 0.3) is 17.2 Å². The Kier molecular flexibility index (Phi) is 3.46. The van der Waals surface area contributed by atoms with E-state index in [0.29, 0.717) is 5.02 Å². The van der Waals surface area contributed by atoms with Crippen molar-refractivity contribution in [3.63, 3.8) is 0 Å². The summed E-state index contributed by atoms with van der Waals surface area (Å²) >= 11 is 9.39. The topological polar surface area (TPSA) is 56.7 Å². The number of pyridine rings is 1. The summed E-state index contributed by atoms with van der Waals surface area (Å²) in [5, 5.41) is 0.578. The van der Waals surface area contributed by atoms with E-state index in [4.69, 9.17) is 17.3 Å². The van der Waals surface area contributed by atoms with Crippen molar-refractivity contribution < 1.29 is 0 Å². The third-order valence-corrected chi connectivity index (χ3v) is 3.62. The van der Waals surface area contributed by atoms with Crippen LogP contribution in [0.5, 0.6) is 0 Å². The molecule has 2 aromatic heterocycles. The molecule has 0 aliphatic rings. The summed E-state index contributed by atoms with van der Waals surface area (Å²) in [5.74, 6) is 1.53. The van der Waals surface area contributed by atoms with E-state index in [2.05, 4.69) is 25.9 Å². The van der Waals surface area contributed by atoms with E-state index in [-0.39, 0.29) is 0 Å². The van der Waals surface area contributed by atoms with Gasteiger partial charge in [-0.05, 0) is 46.3 Å². The second-order valence-corrected chi connectivity index (χ2v) is 5.49. The van der Waals surface area contributed by atoms with Gasteiger partial charge in [-0.3, -0.25) is 4.57 Å². The number of halogens is 2. The number of rotatable bonds is 2. The minimum atomic E-state index is 0.578. The van der Waals surface area contributed by atoms with Gasteiger partial charge in [0.05, 0.1) is 9.50 Å². The van der Waals surface area contributed by atoms with Gasteiger partial charge in [0.1, 0.15) is 5.82 Å². The first-order valence-electron chi connectivity index (χ1n) is 5.86. The van der Waals surface area contributed by atoms with Gasteiger partial charge < -0.3 is 5.73 Å². The standard InChI is InChI=1S/C14H10BrClN4/c15-12-7-10(16)8-19-14(12)20-6-5-18-13(20)9-1-3-11(17)4-2-9/h1-8H,17H2. The van der Waals surface area contributed by atoms with E-state index in [1.54, 1.807) is 18.5 Å². The molecule has 0 amide bonds. The summed E-state index contributed by atoms with van der Waals surface area (Å²) in [7, 11) is 0. The highest BCUT2D eigenvalue weighted by Gasteiger charge is 2.11. The van der Waals surface area contributed by atoms with Gasteiger partial charge in [0.25, 0.3) is 0 Å². The van der Waals surface area contributed by atoms with E-state index >= 15 is 0 Å². The van der Waals surface area contributed by atoms with Crippen molar-refractivity contribution in [1.82, 2.24) is 14.5 Å². The van der Waals surface area contributed by atoms with Crippen LogP contribution in [0.1, 0.15) is 0 Å². The zero-order valence-corrected chi connectivity index (χ0v) is 12.6. The van der Waals surface area contributed by atoms with Crippen molar-refractivity contribution in [1.29, 1.82) is 0 Å². The molecular weight excluding hydrogens is 340 g/mol. The molecule has 0 bridgehead atoms. The van der Waals surface area contributed by atoms with Gasteiger partial charge in [0, 0.05) is 29.8 Å². The van der Waals surface area contributed by atoms with Crippen molar-refractivity contribution >= 4 is 33.2 Å². The zero-order valence-electron chi connectivity index (χ0n) is 10.3. The van der Waals surface area contributed by atoms with Gasteiger partial charge in [0.15, 0.2) is 5.82 Å². The van der Waals surface area contributed by atoms with Crippen LogP contribution in [0.3, 0.4) is 0 Å². The maximum atomic E-state index is 5.92. The molecule has 0 spiro atoms. The smallest absolute Gasteiger partial charge is 0.152 e. The van der Waals surface area contributed by atoms with Gasteiger partial charge >= 0.3 is 0 Å². The third kappa shape index (κ3) is 2.42. The van der Waals surface area contributed by atoms with Gasteiger partial charge in [0.2, 0.25) is 0 Å². The number of hydrogen-bond donors (Lipinski definition) is 1. The molecule has 0 saturated heterocycles. The van der Waals surface area contributed by atoms with Gasteiger partial charge in [-0.25, -0.2) is 9.97 Å². The Bertz CT molecular complexity index is 752. The number of nitrogens with zero attached hydrogens (tertiary/aromatic N) is 3. The molecule has 0 fully saturated rings. The molecule has 100 valence electrons. The summed E-state index contributed by atoms with van der Waals surface area (Å²) in [6, 6.07) is 9.35. The fourth-order valence-corrected chi connectivity index (χ4v) is 2.73. The maximum Gasteiger partial charge on any atom is 0.152 e. The van der Waals surface area contributed by atoms with Gasteiger partial charge in [-0.2, -0.15) is 0 Å². The molecule has 3 aromatic rings. The highest BCUT2D eigenvalue weighted by molar-refractivity contribution is 9.10. The number of aromatic nitrogens is 3. The summed E-state index contributed by atoms with van der Waals surface area (Å²) in [6.07, 6.45) is 5.19. The molecule has 4 nitrogen and oxygen atoms in total. The van der Waals surface area contributed by atoms with E-state index in [1.807, 2.05) is 35.0 Å². The summed E-state index contributed by atoms with van der Waals surface area (Å²) < 4.78 is 2.70. The first-order valence-corrected chi connectivity index (χ1v) is 7.03. The molecule has 6 heteroatoms. The molecule has 0 aliphatic carbocycles. The van der Waals surface area contributed by atoms with E-state index in [9.17, 15) is 0 Å². The molecule has 0 radical (unpaired) electrons. The molecule has 1 aromatic carbocycles. The predicted molar refractivity (Wildman–Crippen MR) is 83.9 cm³/mol. The quantitative estimate of drug-likeness (QED) is 0.713. The van der Waals surface area contributed by atoms with Crippen LogP contribution in [0.2, 0.25) is 5.02 Å². The van der Waals surface area contributed by atoms with Crippen LogP contribution < -0.4 is 5.73 Å². The van der Waals surface area contributed by atoms with Crippen LogP contribution >= 0.6 is 27.5 Å². The van der Waals surface area contributed by atoms with Crippen LogP contribution in [0.4, 0.5) is 5.69 Å². The van der Waals surface area contributed by atoms with E-state index in [0.717, 1.165) is 27.4 Å². The fourth-order valence-electron chi connectivity index (χ4n) is 1.90. The lowest BCUT2D eigenvalue weighted by molar-refractivity contribution is 0.993.